The lowest BCUT2D eigenvalue weighted by Crippen LogP contribution is -2.44. The zero-order valence-electron chi connectivity index (χ0n) is 14.5. The maximum absolute atomic E-state index is 13.2. The van der Waals surface area contributed by atoms with Crippen molar-refractivity contribution in [2.75, 3.05) is 6.16 Å². The normalized spacial score (nSPS) is 14.8. The third-order valence-electron chi connectivity index (χ3n) is 3.86. The minimum absolute atomic E-state index is 0.266. The number of carbonyl (C=O) groups is 1. The van der Waals surface area contributed by atoms with Crippen LogP contribution in [0, 0.1) is 0 Å². The van der Waals surface area contributed by atoms with Crippen LogP contribution in [0.5, 0.6) is 0 Å². The minimum Gasteiger partial charge on any atom is -0.356 e. The summed E-state index contributed by atoms with van der Waals surface area (Å²) in [5.74, 6) is -0.266. The van der Waals surface area contributed by atoms with Crippen LogP contribution in [-0.4, -0.2) is 27.3 Å². The summed E-state index contributed by atoms with van der Waals surface area (Å²) in [5, 5.41) is 0. The summed E-state index contributed by atoms with van der Waals surface area (Å²) in [6, 6.07) is 17.7. The smallest absolute Gasteiger partial charge is 0.328 e. The van der Waals surface area contributed by atoms with E-state index in [0.717, 1.165) is 0 Å². The molecule has 0 saturated heterocycles. The van der Waals surface area contributed by atoms with Gasteiger partial charge in [-0.1, -0.05) is 60.7 Å². The van der Waals surface area contributed by atoms with E-state index in [1.165, 1.54) is 0 Å². The molecule has 0 fully saturated rings. The first-order chi connectivity index (χ1) is 11.5. The lowest BCUT2D eigenvalue weighted by atomic mass is 9.86. The minimum atomic E-state index is -4.30. The average Bonchev–Trinajstić information content (AvgIpc) is 2.53. The summed E-state index contributed by atoms with van der Waals surface area (Å²) >= 11 is 0. The van der Waals surface area contributed by atoms with Gasteiger partial charge in [0.1, 0.15) is 0 Å². The second kappa shape index (κ2) is 7.22. The van der Waals surface area contributed by atoms with Gasteiger partial charge in [-0.25, -0.2) is 0 Å². The number of hydrogen-bond donors (Lipinski definition) is 2. The van der Waals surface area contributed by atoms with Gasteiger partial charge in [0.2, 0.25) is 0 Å². The fraction of sp³-hybridized carbons (Fsp3) is 0.316. The van der Waals surface area contributed by atoms with Crippen molar-refractivity contribution in [1.29, 1.82) is 0 Å². The van der Waals surface area contributed by atoms with Crippen LogP contribution < -0.4 is 0 Å². The highest BCUT2D eigenvalue weighted by Crippen LogP contribution is 2.43. The molecule has 2 aromatic carbocycles. The Morgan fingerprint density at radius 2 is 1.44 bits per heavy atom. The number of ketones is 1. The van der Waals surface area contributed by atoms with Crippen LogP contribution in [0.25, 0.3) is 0 Å². The zero-order valence-corrected chi connectivity index (χ0v) is 15.4. The summed E-state index contributed by atoms with van der Waals surface area (Å²) in [7, 11) is -4.30. The Kier molecular flexibility index (Phi) is 5.65. The van der Waals surface area contributed by atoms with Gasteiger partial charge in [-0.05, 0) is 26.3 Å². The molecule has 0 aromatic heterocycles. The molecule has 0 saturated carbocycles. The maximum atomic E-state index is 13.2. The number of ether oxygens (including phenoxy) is 1. The van der Waals surface area contributed by atoms with Crippen molar-refractivity contribution in [2.45, 2.75) is 32.0 Å². The second-order valence-corrected chi connectivity index (χ2v) is 8.42. The molecular formula is C19H23O5P. The van der Waals surface area contributed by atoms with Gasteiger partial charge in [0.15, 0.2) is 11.4 Å². The number of carbonyl (C=O) groups excluding carboxylic acids is 1. The van der Waals surface area contributed by atoms with E-state index in [0.29, 0.717) is 11.1 Å². The van der Waals surface area contributed by atoms with Crippen molar-refractivity contribution in [2.24, 2.45) is 0 Å². The Bertz CT molecular complexity index is 767. The number of Topliss-reactive ketones (excluding diaryl/α,β-unsaturated/α-hetero) is 1. The molecule has 0 amide bonds. The van der Waals surface area contributed by atoms with E-state index < -0.39 is 25.0 Å². The molecule has 134 valence electrons. The van der Waals surface area contributed by atoms with Crippen LogP contribution >= 0.6 is 7.60 Å². The van der Waals surface area contributed by atoms with Gasteiger partial charge in [-0.15, -0.1) is 0 Å². The number of hydrogen-bond acceptors (Lipinski definition) is 3. The highest BCUT2D eigenvalue weighted by Gasteiger charge is 2.43. The molecule has 2 N–H and O–H groups in total. The van der Waals surface area contributed by atoms with Crippen molar-refractivity contribution < 1.29 is 23.9 Å². The molecule has 5 nitrogen and oxygen atoms in total. The Morgan fingerprint density at radius 3 is 1.92 bits per heavy atom. The molecule has 25 heavy (non-hydrogen) atoms. The largest absolute Gasteiger partial charge is 0.356 e. The highest BCUT2D eigenvalue weighted by molar-refractivity contribution is 7.51. The molecule has 0 aliphatic rings. The lowest BCUT2D eigenvalue weighted by Gasteiger charge is -2.38. The van der Waals surface area contributed by atoms with Crippen LogP contribution in [0.3, 0.4) is 0 Å². The molecule has 0 aliphatic heterocycles. The quantitative estimate of drug-likeness (QED) is 0.579. The van der Waals surface area contributed by atoms with E-state index in [4.69, 9.17) is 4.74 Å². The van der Waals surface area contributed by atoms with Gasteiger partial charge >= 0.3 is 7.60 Å². The molecule has 0 radical (unpaired) electrons. The van der Waals surface area contributed by atoms with Crippen molar-refractivity contribution in [3.8, 4) is 0 Å². The molecule has 2 rings (SSSR count). The SMILES string of the molecule is CC(C)(CP(=O)(O)O)OC(C)(C(=O)c1ccccc1)c1ccccc1. The Hall–Kier alpha value is -1.78. The Balaban J connectivity index is 2.47. The third-order valence-corrected chi connectivity index (χ3v) is 5.03. The lowest BCUT2D eigenvalue weighted by molar-refractivity contribution is -0.103. The van der Waals surface area contributed by atoms with Gasteiger partial charge in [0.05, 0.1) is 11.8 Å². The van der Waals surface area contributed by atoms with E-state index in [1.807, 2.05) is 12.1 Å². The zero-order chi connectivity index (χ0) is 18.7. The van der Waals surface area contributed by atoms with Crippen molar-refractivity contribution in [3.05, 3.63) is 71.8 Å². The third kappa shape index (κ3) is 5.10. The van der Waals surface area contributed by atoms with E-state index in [-0.39, 0.29) is 5.78 Å². The summed E-state index contributed by atoms with van der Waals surface area (Å²) < 4.78 is 17.5. The van der Waals surface area contributed by atoms with Gasteiger partial charge in [0.25, 0.3) is 0 Å². The van der Waals surface area contributed by atoms with Crippen LogP contribution in [0.2, 0.25) is 0 Å². The number of benzene rings is 2. The molecule has 0 heterocycles. The predicted molar refractivity (Wildman–Crippen MR) is 96.6 cm³/mol. The predicted octanol–water partition coefficient (Wildman–Crippen LogP) is 3.76. The average molecular weight is 362 g/mol. The van der Waals surface area contributed by atoms with Crippen LogP contribution in [0.15, 0.2) is 60.7 Å². The molecule has 0 spiro atoms. The molecule has 0 bridgehead atoms. The Morgan fingerprint density at radius 1 is 0.960 bits per heavy atom. The topological polar surface area (TPSA) is 83.8 Å². The summed E-state index contributed by atoms with van der Waals surface area (Å²) in [6.07, 6.45) is -0.482. The van der Waals surface area contributed by atoms with E-state index in [1.54, 1.807) is 69.3 Å². The molecule has 6 heteroatoms. The maximum Gasteiger partial charge on any atom is 0.328 e. The monoisotopic (exact) mass is 362 g/mol. The van der Waals surface area contributed by atoms with Crippen LogP contribution in [-0.2, 0) is 14.9 Å². The van der Waals surface area contributed by atoms with Crippen molar-refractivity contribution in [1.82, 2.24) is 0 Å². The first-order valence-corrected chi connectivity index (χ1v) is 9.73. The van der Waals surface area contributed by atoms with Gasteiger partial charge in [-0.2, -0.15) is 0 Å². The number of rotatable bonds is 7. The Labute approximate surface area is 147 Å². The van der Waals surface area contributed by atoms with Crippen LogP contribution in [0.1, 0.15) is 36.7 Å². The highest BCUT2D eigenvalue weighted by atomic mass is 31.2. The molecular weight excluding hydrogens is 339 g/mol. The molecule has 0 aliphatic carbocycles. The van der Waals surface area contributed by atoms with Gasteiger partial charge in [0, 0.05) is 5.56 Å². The van der Waals surface area contributed by atoms with Crippen molar-refractivity contribution in [3.63, 3.8) is 0 Å². The fourth-order valence-electron chi connectivity index (χ4n) is 2.94. The summed E-state index contributed by atoms with van der Waals surface area (Å²) in [4.78, 5) is 31.8. The molecule has 1 unspecified atom stereocenters. The molecule has 2 aromatic rings. The van der Waals surface area contributed by atoms with E-state index in [9.17, 15) is 19.1 Å². The van der Waals surface area contributed by atoms with Gasteiger partial charge < -0.3 is 14.5 Å². The van der Waals surface area contributed by atoms with Crippen molar-refractivity contribution >= 4 is 13.4 Å². The van der Waals surface area contributed by atoms with Crippen LogP contribution in [0.4, 0.5) is 0 Å². The fourth-order valence-corrected chi connectivity index (χ4v) is 4.00. The molecule has 1 atom stereocenters. The standard InChI is InChI=1S/C19H23O5P/c1-18(2,14-25(21,22)23)24-19(3,16-12-8-5-9-13-16)17(20)15-10-6-4-7-11-15/h4-13H,14H2,1-3H3,(H2,21,22,23). The second-order valence-electron chi connectivity index (χ2n) is 6.78. The first kappa shape index (κ1) is 19.5. The van der Waals surface area contributed by atoms with E-state index >= 15 is 0 Å². The summed E-state index contributed by atoms with van der Waals surface area (Å²) in [6.45, 7) is 4.79. The summed E-state index contributed by atoms with van der Waals surface area (Å²) in [5.41, 5.74) is -1.47. The van der Waals surface area contributed by atoms with E-state index in [2.05, 4.69) is 0 Å². The first-order valence-electron chi connectivity index (χ1n) is 7.94. The van der Waals surface area contributed by atoms with Gasteiger partial charge in [-0.3, -0.25) is 9.36 Å².